The topological polar surface area (TPSA) is 35.5 Å². The molecule has 0 unspecified atom stereocenters. The van der Waals surface area contributed by atoms with Crippen molar-refractivity contribution in [3.63, 3.8) is 0 Å². The van der Waals surface area contributed by atoms with Crippen molar-refractivity contribution in [3.05, 3.63) is 0 Å². The Balaban J connectivity index is 1.91. The van der Waals surface area contributed by atoms with Crippen LogP contribution in [0.15, 0.2) is 0 Å². The van der Waals surface area contributed by atoms with Crippen molar-refractivity contribution in [1.82, 2.24) is 10.2 Å². The maximum absolute atomic E-state index is 8.92. The van der Waals surface area contributed by atoms with E-state index < -0.39 is 0 Å². The lowest BCUT2D eigenvalue weighted by atomic mass is 10.1. The van der Waals surface area contributed by atoms with Gasteiger partial charge in [0.05, 0.1) is 6.61 Å². The van der Waals surface area contributed by atoms with Crippen molar-refractivity contribution < 1.29 is 5.11 Å². The van der Waals surface area contributed by atoms with E-state index in [0.29, 0.717) is 6.04 Å². The highest BCUT2D eigenvalue weighted by molar-refractivity contribution is 4.89. The Kier molecular flexibility index (Phi) is 2.11. The molecule has 0 aromatic carbocycles. The van der Waals surface area contributed by atoms with Crippen molar-refractivity contribution in [3.8, 4) is 0 Å². The Morgan fingerprint density at radius 3 is 3.27 bits per heavy atom. The fraction of sp³-hybridized carbons (Fsp3) is 1.00. The molecule has 11 heavy (non-hydrogen) atoms. The zero-order valence-electron chi connectivity index (χ0n) is 6.79. The van der Waals surface area contributed by atoms with Crippen LogP contribution in [0, 0.1) is 0 Å². The van der Waals surface area contributed by atoms with E-state index in [9.17, 15) is 0 Å². The summed E-state index contributed by atoms with van der Waals surface area (Å²) in [4.78, 5) is 2.50. The highest BCUT2D eigenvalue weighted by Gasteiger charge is 2.30. The number of hydrogen-bond acceptors (Lipinski definition) is 3. The van der Waals surface area contributed by atoms with Gasteiger partial charge in [0, 0.05) is 25.2 Å². The molecule has 0 aromatic rings. The highest BCUT2D eigenvalue weighted by Crippen LogP contribution is 2.19. The number of fused-ring (bicyclic) bond motifs is 1. The predicted octanol–water partition coefficient (Wildman–Crippen LogP) is -0.585. The minimum Gasteiger partial charge on any atom is -0.395 e. The third-order valence-corrected chi connectivity index (χ3v) is 2.82. The van der Waals surface area contributed by atoms with Crippen LogP contribution >= 0.6 is 0 Å². The van der Waals surface area contributed by atoms with Crippen LogP contribution in [0.4, 0.5) is 0 Å². The molecular weight excluding hydrogens is 140 g/mol. The third-order valence-electron chi connectivity index (χ3n) is 2.82. The Hall–Kier alpha value is -0.120. The summed E-state index contributed by atoms with van der Waals surface area (Å²) in [5, 5.41) is 12.3. The van der Waals surface area contributed by atoms with E-state index in [4.69, 9.17) is 5.11 Å². The van der Waals surface area contributed by atoms with Crippen LogP contribution in [0.5, 0.6) is 0 Å². The third kappa shape index (κ3) is 1.41. The number of aliphatic hydroxyl groups excluding tert-OH is 1. The van der Waals surface area contributed by atoms with E-state index in [0.717, 1.165) is 19.1 Å². The van der Waals surface area contributed by atoms with Gasteiger partial charge in [-0.2, -0.15) is 0 Å². The summed E-state index contributed by atoms with van der Waals surface area (Å²) < 4.78 is 0. The smallest absolute Gasteiger partial charge is 0.0597 e. The molecule has 0 bridgehead atoms. The molecule has 0 aromatic heterocycles. The van der Waals surface area contributed by atoms with E-state index in [1.54, 1.807) is 0 Å². The quantitative estimate of drug-likeness (QED) is 0.533. The van der Waals surface area contributed by atoms with Gasteiger partial charge < -0.3 is 10.4 Å². The van der Waals surface area contributed by atoms with Gasteiger partial charge in [-0.1, -0.05) is 0 Å². The Morgan fingerprint density at radius 1 is 1.55 bits per heavy atom. The summed E-state index contributed by atoms with van der Waals surface area (Å²) in [5.41, 5.74) is 0. The Morgan fingerprint density at radius 2 is 2.45 bits per heavy atom. The van der Waals surface area contributed by atoms with E-state index in [1.165, 1.54) is 19.4 Å². The monoisotopic (exact) mass is 156 g/mol. The number of rotatable bonds is 1. The van der Waals surface area contributed by atoms with Crippen LogP contribution in [0.1, 0.15) is 12.8 Å². The Bertz CT molecular complexity index is 140. The van der Waals surface area contributed by atoms with Gasteiger partial charge in [0.2, 0.25) is 0 Å². The number of hydrogen-bond donors (Lipinski definition) is 2. The molecule has 0 spiro atoms. The van der Waals surface area contributed by atoms with E-state index >= 15 is 0 Å². The maximum atomic E-state index is 8.92. The van der Waals surface area contributed by atoms with E-state index in [2.05, 4.69) is 10.2 Å². The summed E-state index contributed by atoms with van der Waals surface area (Å²) in [5.74, 6) is 0. The standard InChI is InChI=1S/C8H16N2O/c11-6-7-5-10-3-1-2-8(10)4-9-7/h7-9,11H,1-6H2/t7-,8+/m0/s1. The molecular formula is C8H16N2O. The molecule has 2 heterocycles. The molecule has 3 nitrogen and oxygen atoms in total. The summed E-state index contributed by atoms with van der Waals surface area (Å²) in [6.45, 7) is 3.64. The van der Waals surface area contributed by atoms with Crippen molar-refractivity contribution in [2.75, 3.05) is 26.2 Å². The molecule has 3 heteroatoms. The molecule has 0 radical (unpaired) electrons. The van der Waals surface area contributed by atoms with Gasteiger partial charge in [0.25, 0.3) is 0 Å². The molecule has 0 saturated carbocycles. The molecule has 2 fully saturated rings. The predicted molar refractivity (Wildman–Crippen MR) is 43.5 cm³/mol. The molecule has 2 aliphatic heterocycles. The van der Waals surface area contributed by atoms with Gasteiger partial charge in [-0.25, -0.2) is 0 Å². The molecule has 0 amide bonds. The maximum Gasteiger partial charge on any atom is 0.0597 e. The average molecular weight is 156 g/mol. The Labute approximate surface area is 67.4 Å². The lowest BCUT2D eigenvalue weighted by Crippen LogP contribution is -2.55. The number of nitrogens with zero attached hydrogens (tertiary/aromatic N) is 1. The van der Waals surface area contributed by atoms with Crippen LogP contribution in [0.25, 0.3) is 0 Å². The molecule has 2 N–H and O–H groups in total. The average Bonchev–Trinajstić information content (AvgIpc) is 2.50. The zero-order chi connectivity index (χ0) is 7.68. The second-order valence-electron chi connectivity index (χ2n) is 3.58. The first-order chi connectivity index (χ1) is 5.40. The first-order valence-corrected chi connectivity index (χ1v) is 4.48. The van der Waals surface area contributed by atoms with Crippen LogP contribution in [-0.4, -0.2) is 48.3 Å². The summed E-state index contributed by atoms with van der Waals surface area (Å²) in [6, 6.07) is 1.09. The molecule has 2 atom stereocenters. The van der Waals surface area contributed by atoms with Crippen molar-refractivity contribution in [2.45, 2.75) is 24.9 Å². The van der Waals surface area contributed by atoms with Gasteiger partial charge in [0.15, 0.2) is 0 Å². The van der Waals surface area contributed by atoms with Crippen molar-refractivity contribution in [1.29, 1.82) is 0 Å². The lowest BCUT2D eigenvalue weighted by Gasteiger charge is -2.35. The van der Waals surface area contributed by atoms with Crippen LogP contribution in [-0.2, 0) is 0 Å². The summed E-state index contributed by atoms with van der Waals surface area (Å²) >= 11 is 0. The van der Waals surface area contributed by atoms with Gasteiger partial charge in [-0.15, -0.1) is 0 Å². The second-order valence-corrected chi connectivity index (χ2v) is 3.58. The van der Waals surface area contributed by atoms with Crippen molar-refractivity contribution in [2.24, 2.45) is 0 Å². The number of nitrogens with one attached hydrogen (secondary N) is 1. The largest absolute Gasteiger partial charge is 0.395 e. The first kappa shape index (κ1) is 7.53. The fourth-order valence-corrected chi connectivity index (χ4v) is 2.14. The SMILES string of the molecule is OC[C@@H]1CN2CCC[C@@H]2CN1. The molecule has 2 aliphatic rings. The minimum absolute atomic E-state index is 0.281. The van der Waals surface area contributed by atoms with Crippen LogP contribution < -0.4 is 5.32 Å². The van der Waals surface area contributed by atoms with Crippen molar-refractivity contribution >= 4 is 0 Å². The molecule has 0 aliphatic carbocycles. The summed E-state index contributed by atoms with van der Waals surface area (Å²) in [7, 11) is 0. The zero-order valence-corrected chi connectivity index (χ0v) is 6.79. The number of aliphatic hydroxyl groups is 1. The fourth-order valence-electron chi connectivity index (χ4n) is 2.14. The van der Waals surface area contributed by atoms with Gasteiger partial charge in [-0.3, -0.25) is 4.90 Å². The second kappa shape index (κ2) is 3.09. The number of piperazine rings is 1. The van der Waals surface area contributed by atoms with Gasteiger partial charge in [-0.05, 0) is 19.4 Å². The van der Waals surface area contributed by atoms with Crippen LogP contribution in [0.3, 0.4) is 0 Å². The van der Waals surface area contributed by atoms with Crippen LogP contribution in [0.2, 0.25) is 0 Å². The highest BCUT2D eigenvalue weighted by atomic mass is 16.3. The molecule has 64 valence electrons. The normalized spacial score (nSPS) is 39.0. The van der Waals surface area contributed by atoms with E-state index in [1.807, 2.05) is 0 Å². The lowest BCUT2D eigenvalue weighted by molar-refractivity contribution is 0.130. The van der Waals surface area contributed by atoms with E-state index in [-0.39, 0.29) is 6.61 Å². The first-order valence-electron chi connectivity index (χ1n) is 4.48. The molecule has 2 rings (SSSR count). The van der Waals surface area contributed by atoms with Gasteiger partial charge >= 0.3 is 0 Å². The minimum atomic E-state index is 0.281. The van der Waals surface area contributed by atoms with Gasteiger partial charge in [0.1, 0.15) is 0 Å². The summed E-state index contributed by atoms with van der Waals surface area (Å²) in [6.07, 6.45) is 2.68. The molecule has 2 saturated heterocycles.